The summed E-state index contributed by atoms with van der Waals surface area (Å²) in [6.07, 6.45) is 1.25. The van der Waals surface area contributed by atoms with E-state index in [0.29, 0.717) is 13.0 Å². The molecule has 0 aromatic heterocycles. The summed E-state index contributed by atoms with van der Waals surface area (Å²) in [5, 5.41) is 0. The second-order valence-corrected chi connectivity index (χ2v) is 7.56. The van der Waals surface area contributed by atoms with E-state index in [0.717, 1.165) is 16.9 Å². The van der Waals surface area contributed by atoms with Gasteiger partial charge in [0.2, 0.25) is 17.7 Å². The molecule has 0 radical (unpaired) electrons. The lowest BCUT2D eigenvalue weighted by Crippen LogP contribution is -2.41. The molecule has 6 nitrogen and oxygen atoms in total. The van der Waals surface area contributed by atoms with Crippen molar-refractivity contribution >= 4 is 17.7 Å². The predicted molar refractivity (Wildman–Crippen MR) is 114 cm³/mol. The summed E-state index contributed by atoms with van der Waals surface area (Å²) in [5.74, 6) is 0.340. The zero-order valence-electron chi connectivity index (χ0n) is 17.5. The molecule has 1 fully saturated rings. The van der Waals surface area contributed by atoms with Crippen molar-refractivity contribution in [3.63, 3.8) is 0 Å². The fourth-order valence-corrected chi connectivity index (χ4v) is 3.79. The van der Waals surface area contributed by atoms with Crippen molar-refractivity contribution in [3.05, 3.63) is 65.7 Å². The topological polar surface area (TPSA) is 66.9 Å². The fourth-order valence-electron chi connectivity index (χ4n) is 3.79. The van der Waals surface area contributed by atoms with Gasteiger partial charge in [-0.05, 0) is 30.5 Å². The minimum Gasteiger partial charge on any atom is -0.496 e. The molecule has 0 N–H and O–H groups in total. The molecule has 2 aromatic carbocycles. The van der Waals surface area contributed by atoms with Gasteiger partial charge in [0, 0.05) is 38.4 Å². The Morgan fingerprint density at radius 2 is 1.67 bits per heavy atom. The van der Waals surface area contributed by atoms with Gasteiger partial charge in [-0.3, -0.25) is 19.3 Å². The molecule has 0 aliphatic carbocycles. The first-order valence-electron chi connectivity index (χ1n) is 10.3. The lowest BCUT2D eigenvalue weighted by atomic mass is 10.0. The number of carbonyl (C=O) groups excluding carboxylic acids is 3. The van der Waals surface area contributed by atoms with E-state index < -0.39 is 0 Å². The van der Waals surface area contributed by atoms with Crippen LogP contribution in [0.15, 0.2) is 54.6 Å². The van der Waals surface area contributed by atoms with Crippen molar-refractivity contribution in [2.24, 2.45) is 0 Å². The van der Waals surface area contributed by atoms with E-state index >= 15 is 0 Å². The van der Waals surface area contributed by atoms with Gasteiger partial charge in [-0.15, -0.1) is 0 Å². The smallest absolute Gasteiger partial charge is 0.229 e. The average molecular weight is 408 g/mol. The molecule has 3 amide bonds. The Hall–Kier alpha value is -3.15. The first-order valence-corrected chi connectivity index (χ1v) is 10.3. The van der Waals surface area contributed by atoms with Crippen LogP contribution < -0.4 is 4.74 Å². The van der Waals surface area contributed by atoms with Crippen LogP contribution in [0.2, 0.25) is 0 Å². The van der Waals surface area contributed by atoms with Gasteiger partial charge in [-0.1, -0.05) is 48.5 Å². The van der Waals surface area contributed by atoms with Gasteiger partial charge in [0.25, 0.3) is 0 Å². The number of likely N-dealkylation sites (tertiary alicyclic amines) is 1. The van der Waals surface area contributed by atoms with E-state index in [1.54, 1.807) is 7.11 Å². The van der Waals surface area contributed by atoms with Gasteiger partial charge in [0.15, 0.2) is 0 Å². The van der Waals surface area contributed by atoms with Crippen molar-refractivity contribution in [1.82, 2.24) is 9.80 Å². The van der Waals surface area contributed by atoms with Crippen LogP contribution in [0.3, 0.4) is 0 Å². The number of hydrogen-bond donors (Lipinski definition) is 0. The molecule has 158 valence electrons. The van der Waals surface area contributed by atoms with Gasteiger partial charge in [0.05, 0.1) is 7.11 Å². The van der Waals surface area contributed by atoms with E-state index in [9.17, 15) is 14.4 Å². The number of para-hydroxylation sites is 1. The molecule has 1 aliphatic rings. The summed E-state index contributed by atoms with van der Waals surface area (Å²) >= 11 is 0. The molecular weight excluding hydrogens is 380 g/mol. The van der Waals surface area contributed by atoms with Crippen molar-refractivity contribution in [3.8, 4) is 5.75 Å². The zero-order valence-corrected chi connectivity index (χ0v) is 17.5. The molecule has 0 saturated carbocycles. The molecule has 1 heterocycles. The molecule has 1 unspecified atom stereocenters. The summed E-state index contributed by atoms with van der Waals surface area (Å²) in [6, 6.07) is 17.5. The number of methoxy groups -OCH3 is 1. The van der Waals surface area contributed by atoms with E-state index in [2.05, 4.69) is 0 Å². The quantitative estimate of drug-likeness (QED) is 0.598. The van der Waals surface area contributed by atoms with E-state index in [4.69, 9.17) is 4.74 Å². The summed E-state index contributed by atoms with van der Waals surface area (Å²) in [7, 11) is 1.64. The number of amides is 3. The fraction of sp³-hybridized carbons (Fsp3) is 0.375. The van der Waals surface area contributed by atoms with Crippen molar-refractivity contribution in [1.29, 1.82) is 0 Å². The highest BCUT2D eigenvalue weighted by Crippen LogP contribution is 2.22. The highest BCUT2D eigenvalue weighted by molar-refractivity contribution is 6.02. The molecular formula is C24H28N2O4. The monoisotopic (exact) mass is 408 g/mol. The number of imide groups is 1. The van der Waals surface area contributed by atoms with Gasteiger partial charge < -0.3 is 9.64 Å². The van der Waals surface area contributed by atoms with Gasteiger partial charge >= 0.3 is 0 Å². The third-order valence-corrected chi connectivity index (χ3v) is 5.46. The zero-order chi connectivity index (χ0) is 21.5. The van der Waals surface area contributed by atoms with Crippen LogP contribution in [0.25, 0.3) is 0 Å². The van der Waals surface area contributed by atoms with Crippen molar-refractivity contribution in [2.75, 3.05) is 13.7 Å². The Morgan fingerprint density at radius 1 is 1.03 bits per heavy atom. The van der Waals surface area contributed by atoms with E-state index in [1.165, 1.54) is 4.90 Å². The summed E-state index contributed by atoms with van der Waals surface area (Å²) in [4.78, 5) is 39.9. The second kappa shape index (κ2) is 10.1. The third kappa shape index (κ3) is 5.26. The molecule has 6 heteroatoms. The maximum Gasteiger partial charge on any atom is 0.229 e. The Bertz CT molecular complexity index is 881. The minimum absolute atomic E-state index is 0.0752. The van der Waals surface area contributed by atoms with E-state index in [1.807, 2.05) is 66.4 Å². The van der Waals surface area contributed by atoms with Gasteiger partial charge in [-0.2, -0.15) is 0 Å². The first-order chi connectivity index (χ1) is 14.5. The lowest BCUT2D eigenvalue weighted by Gasteiger charge is -2.30. The Balaban J connectivity index is 1.74. The normalized spacial score (nSPS) is 14.7. The maximum absolute atomic E-state index is 13.1. The molecule has 1 saturated heterocycles. The lowest BCUT2D eigenvalue weighted by molar-refractivity contribution is -0.140. The number of nitrogens with zero attached hydrogens (tertiary/aromatic N) is 2. The number of hydrogen-bond acceptors (Lipinski definition) is 4. The van der Waals surface area contributed by atoms with Crippen molar-refractivity contribution < 1.29 is 19.1 Å². The summed E-state index contributed by atoms with van der Waals surface area (Å²) in [5.41, 5.74) is 2.06. The number of ether oxygens (including phenoxy) is 1. The van der Waals surface area contributed by atoms with Gasteiger partial charge in [0.1, 0.15) is 5.75 Å². The predicted octanol–water partition coefficient (Wildman–Crippen LogP) is 3.19. The Kier molecular flexibility index (Phi) is 7.22. The van der Waals surface area contributed by atoms with Crippen LogP contribution in [-0.4, -0.2) is 47.2 Å². The minimum atomic E-state index is -0.190. The highest BCUT2D eigenvalue weighted by atomic mass is 16.5. The SMILES string of the molecule is COc1ccccc1CC(C)N(Cc1ccccc1)C(=O)CCN1C(=O)CCC1=O. The Morgan fingerprint density at radius 3 is 2.33 bits per heavy atom. The van der Waals surface area contributed by atoms with Crippen LogP contribution >= 0.6 is 0 Å². The standard InChI is InChI=1S/C24H28N2O4/c1-18(16-20-10-6-7-11-21(20)30-2)26(17-19-8-4-3-5-9-19)24(29)14-15-25-22(27)12-13-23(25)28/h3-11,18H,12-17H2,1-2H3. The molecule has 2 aromatic rings. The largest absolute Gasteiger partial charge is 0.496 e. The summed E-state index contributed by atoms with van der Waals surface area (Å²) in [6.45, 7) is 2.63. The van der Waals surface area contributed by atoms with Crippen LogP contribution in [0, 0.1) is 0 Å². The van der Waals surface area contributed by atoms with Crippen LogP contribution in [0.1, 0.15) is 37.3 Å². The number of benzene rings is 2. The molecule has 30 heavy (non-hydrogen) atoms. The van der Waals surface area contributed by atoms with Crippen LogP contribution in [0.4, 0.5) is 0 Å². The molecule has 1 aliphatic heterocycles. The molecule has 3 rings (SSSR count). The van der Waals surface area contributed by atoms with Gasteiger partial charge in [-0.25, -0.2) is 0 Å². The summed E-state index contributed by atoms with van der Waals surface area (Å²) < 4.78 is 5.46. The third-order valence-electron chi connectivity index (χ3n) is 5.46. The molecule has 0 spiro atoms. The Labute approximate surface area is 177 Å². The van der Waals surface area contributed by atoms with Crippen LogP contribution in [-0.2, 0) is 27.3 Å². The highest BCUT2D eigenvalue weighted by Gasteiger charge is 2.30. The number of rotatable bonds is 9. The molecule has 1 atom stereocenters. The van der Waals surface area contributed by atoms with Crippen molar-refractivity contribution in [2.45, 2.75) is 45.2 Å². The van der Waals surface area contributed by atoms with Crippen LogP contribution in [0.5, 0.6) is 5.75 Å². The maximum atomic E-state index is 13.1. The first kappa shape index (κ1) is 21.6. The number of carbonyl (C=O) groups is 3. The molecule has 0 bridgehead atoms. The van der Waals surface area contributed by atoms with E-state index in [-0.39, 0.29) is 49.6 Å². The second-order valence-electron chi connectivity index (χ2n) is 7.56. The average Bonchev–Trinajstić information content (AvgIpc) is 3.08.